The molecule has 50 heavy (non-hydrogen) atoms. The Bertz CT molecular complexity index is 2670. The maximum Gasteiger partial charge on any atom is 0.143 e. The maximum atomic E-state index is 6.60. The van der Waals surface area contributed by atoms with Crippen LogP contribution in [0.15, 0.2) is 186 Å². The molecular formula is C48H30OS. The Balaban J connectivity index is 1.26. The lowest BCUT2D eigenvalue weighted by molar-refractivity contribution is 0.670. The van der Waals surface area contributed by atoms with E-state index in [9.17, 15) is 0 Å². The lowest BCUT2D eigenvalue weighted by Crippen LogP contribution is -1.89. The van der Waals surface area contributed by atoms with Gasteiger partial charge in [0.1, 0.15) is 11.2 Å². The van der Waals surface area contributed by atoms with Gasteiger partial charge in [0.25, 0.3) is 0 Å². The molecule has 0 bridgehead atoms. The zero-order valence-electron chi connectivity index (χ0n) is 27.1. The van der Waals surface area contributed by atoms with Crippen LogP contribution in [-0.4, -0.2) is 0 Å². The summed E-state index contributed by atoms with van der Waals surface area (Å²) in [5.41, 5.74) is 13.6. The maximum absolute atomic E-state index is 6.60. The second kappa shape index (κ2) is 11.7. The van der Waals surface area contributed by atoms with Gasteiger partial charge in [-0.2, -0.15) is 0 Å². The van der Waals surface area contributed by atoms with Crippen LogP contribution in [0.4, 0.5) is 0 Å². The molecule has 0 spiro atoms. The smallest absolute Gasteiger partial charge is 0.143 e. The molecule has 10 rings (SSSR count). The lowest BCUT2D eigenvalue weighted by atomic mass is 9.89. The Morgan fingerprint density at radius 2 is 0.800 bits per heavy atom. The van der Waals surface area contributed by atoms with Gasteiger partial charge in [-0.15, -0.1) is 11.3 Å². The van der Waals surface area contributed by atoms with Crippen molar-refractivity contribution in [2.75, 3.05) is 0 Å². The van der Waals surface area contributed by atoms with Crippen LogP contribution in [0.1, 0.15) is 0 Å². The molecule has 0 saturated carbocycles. The molecule has 0 N–H and O–H groups in total. The molecule has 234 valence electrons. The van der Waals surface area contributed by atoms with Gasteiger partial charge in [-0.25, -0.2) is 0 Å². The molecule has 0 aliphatic heterocycles. The highest BCUT2D eigenvalue weighted by Gasteiger charge is 2.17. The Morgan fingerprint density at radius 1 is 0.320 bits per heavy atom. The number of benzene rings is 8. The number of para-hydroxylation sites is 2. The highest BCUT2D eigenvalue weighted by molar-refractivity contribution is 7.26. The van der Waals surface area contributed by atoms with Crippen LogP contribution in [0.3, 0.4) is 0 Å². The minimum absolute atomic E-state index is 0.907. The third kappa shape index (κ3) is 4.84. The molecule has 0 amide bonds. The van der Waals surface area contributed by atoms with Crippen LogP contribution in [-0.2, 0) is 0 Å². The third-order valence-corrected chi connectivity index (χ3v) is 11.1. The minimum Gasteiger partial charge on any atom is -0.455 e. The number of hydrogen-bond donors (Lipinski definition) is 0. The fraction of sp³-hybridized carbons (Fsp3) is 0. The van der Waals surface area contributed by atoms with Gasteiger partial charge in [-0.3, -0.25) is 0 Å². The summed E-state index contributed by atoms with van der Waals surface area (Å²) in [6, 6.07) is 65.8. The van der Waals surface area contributed by atoms with Gasteiger partial charge in [-0.1, -0.05) is 133 Å². The minimum atomic E-state index is 0.907. The van der Waals surface area contributed by atoms with Crippen molar-refractivity contribution in [1.29, 1.82) is 0 Å². The zero-order chi connectivity index (χ0) is 33.0. The molecule has 0 atom stereocenters. The molecule has 2 aromatic heterocycles. The molecule has 0 aliphatic carbocycles. The summed E-state index contributed by atoms with van der Waals surface area (Å²) in [6.07, 6.45) is 0. The number of hydrogen-bond acceptors (Lipinski definition) is 2. The molecule has 0 radical (unpaired) electrons. The van der Waals surface area contributed by atoms with Crippen LogP contribution < -0.4 is 0 Å². The highest BCUT2D eigenvalue weighted by atomic mass is 32.1. The average molecular weight is 655 g/mol. The van der Waals surface area contributed by atoms with Crippen molar-refractivity contribution < 1.29 is 4.42 Å². The van der Waals surface area contributed by atoms with Crippen molar-refractivity contribution in [3.63, 3.8) is 0 Å². The predicted molar refractivity (Wildman–Crippen MR) is 214 cm³/mol. The summed E-state index contributed by atoms with van der Waals surface area (Å²) in [6.45, 7) is 0. The first-order chi connectivity index (χ1) is 24.8. The lowest BCUT2D eigenvalue weighted by Gasteiger charge is -2.15. The van der Waals surface area contributed by atoms with Crippen LogP contribution in [0.25, 0.3) is 97.7 Å². The van der Waals surface area contributed by atoms with E-state index in [0.717, 1.165) is 33.1 Å². The monoisotopic (exact) mass is 654 g/mol. The van der Waals surface area contributed by atoms with Crippen LogP contribution in [0.5, 0.6) is 0 Å². The van der Waals surface area contributed by atoms with E-state index in [0.29, 0.717) is 0 Å². The number of rotatable bonds is 5. The molecule has 8 aromatic carbocycles. The van der Waals surface area contributed by atoms with Gasteiger partial charge in [-0.05, 0) is 98.6 Å². The molecule has 0 fully saturated rings. The standard InChI is InChI=1S/C48H30OS/c1-3-13-31(14-4-1)33-25-34(32-15-5-2-6-16-32)27-35(26-33)36-28-37(39-19-11-21-43-41-17-7-9-23-45(41)49-47(39)43)30-38(29-36)40-20-12-22-44-42-18-8-10-24-46(42)50-48(40)44/h1-30H. The van der Waals surface area contributed by atoms with Crippen LogP contribution in [0, 0.1) is 0 Å². The summed E-state index contributed by atoms with van der Waals surface area (Å²) in [5, 5.41) is 4.88. The highest BCUT2D eigenvalue weighted by Crippen LogP contribution is 2.44. The van der Waals surface area contributed by atoms with Gasteiger partial charge in [0.05, 0.1) is 0 Å². The molecule has 0 saturated heterocycles. The van der Waals surface area contributed by atoms with Crippen LogP contribution >= 0.6 is 11.3 Å². The van der Waals surface area contributed by atoms with Crippen molar-refractivity contribution in [2.24, 2.45) is 0 Å². The predicted octanol–water partition coefficient (Wildman–Crippen LogP) is 14.3. The average Bonchev–Trinajstić information content (AvgIpc) is 3.77. The molecule has 2 heteroatoms. The zero-order valence-corrected chi connectivity index (χ0v) is 28.0. The fourth-order valence-corrected chi connectivity index (χ4v) is 8.68. The summed E-state index contributed by atoms with van der Waals surface area (Å²) in [5.74, 6) is 0. The van der Waals surface area contributed by atoms with Crippen molar-refractivity contribution >= 4 is 53.4 Å². The van der Waals surface area contributed by atoms with E-state index >= 15 is 0 Å². The summed E-state index contributed by atoms with van der Waals surface area (Å²) in [7, 11) is 0. The topological polar surface area (TPSA) is 13.1 Å². The van der Waals surface area contributed by atoms with Crippen molar-refractivity contribution in [3.8, 4) is 55.6 Å². The van der Waals surface area contributed by atoms with Gasteiger partial charge < -0.3 is 4.42 Å². The fourth-order valence-electron chi connectivity index (χ4n) is 7.44. The van der Waals surface area contributed by atoms with E-state index in [1.165, 1.54) is 64.7 Å². The van der Waals surface area contributed by atoms with E-state index in [1.54, 1.807) is 0 Å². The summed E-state index contributed by atoms with van der Waals surface area (Å²) < 4.78 is 9.21. The van der Waals surface area contributed by atoms with Crippen molar-refractivity contribution in [3.05, 3.63) is 182 Å². The van der Waals surface area contributed by atoms with E-state index in [4.69, 9.17) is 4.42 Å². The number of furan rings is 1. The number of fused-ring (bicyclic) bond motifs is 6. The Kier molecular flexibility index (Phi) is 6.75. The number of thiophene rings is 1. The second-order valence-electron chi connectivity index (χ2n) is 12.9. The molecule has 10 aromatic rings. The first-order valence-corrected chi connectivity index (χ1v) is 17.8. The normalized spacial score (nSPS) is 11.6. The van der Waals surface area contributed by atoms with Crippen molar-refractivity contribution in [2.45, 2.75) is 0 Å². The van der Waals surface area contributed by atoms with E-state index in [2.05, 4.69) is 176 Å². The van der Waals surface area contributed by atoms with Gasteiger partial charge in [0, 0.05) is 36.5 Å². The third-order valence-electron chi connectivity index (χ3n) is 9.84. The SMILES string of the molecule is c1ccc(-c2cc(-c3ccccc3)cc(-c3cc(-c4cccc5c4oc4ccccc45)cc(-c4cccc5c4sc4ccccc45)c3)c2)cc1. The molecule has 1 nitrogen and oxygen atoms in total. The van der Waals surface area contributed by atoms with Gasteiger partial charge in [0.2, 0.25) is 0 Å². The second-order valence-corrected chi connectivity index (χ2v) is 13.9. The van der Waals surface area contributed by atoms with Crippen LogP contribution in [0.2, 0.25) is 0 Å². The van der Waals surface area contributed by atoms with E-state index in [-0.39, 0.29) is 0 Å². The van der Waals surface area contributed by atoms with E-state index in [1.807, 2.05) is 17.4 Å². The van der Waals surface area contributed by atoms with Gasteiger partial charge >= 0.3 is 0 Å². The molecular weight excluding hydrogens is 625 g/mol. The Labute approximate surface area is 294 Å². The van der Waals surface area contributed by atoms with E-state index < -0.39 is 0 Å². The summed E-state index contributed by atoms with van der Waals surface area (Å²) in [4.78, 5) is 0. The summed E-state index contributed by atoms with van der Waals surface area (Å²) >= 11 is 1.87. The Hall–Kier alpha value is -6.22. The first kappa shape index (κ1) is 28.8. The molecule has 0 unspecified atom stereocenters. The Morgan fingerprint density at radius 3 is 1.50 bits per heavy atom. The molecule has 2 heterocycles. The van der Waals surface area contributed by atoms with Crippen molar-refractivity contribution in [1.82, 2.24) is 0 Å². The first-order valence-electron chi connectivity index (χ1n) is 17.0. The molecule has 0 aliphatic rings. The quantitative estimate of drug-likeness (QED) is 0.180. The largest absolute Gasteiger partial charge is 0.455 e. The van der Waals surface area contributed by atoms with Gasteiger partial charge in [0.15, 0.2) is 0 Å².